The summed E-state index contributed by atoms with van der Waals surface area (Å²) in [6.07, 6.45) is 5.73. The second kappa shape index (κ2) is 6.83. The van der Waals surface area contributed by atoms with Crippen molar-refractivity contribution in [3.05, 3.63) is 59.5 Å². The molecule has 1 aromatic carbocycles. The van der Waals surface area contributed by atoms with Gasteiger partial charge in [0, 0.05) is 42.0 Å². The molecule has 26 heavy (non-hydrogen) atoms. The van der Waals surface area contributed by atoms with E-state index >= 15 is 0 Å². The third-order valence-electron chi connectivity index (χ3n) is 5.03. The monoisotopic (exact) mass is 348 g/mol. The highest BCUT2D eigenvalue weighted by Crippen LogP contribution is 2.22. The Hall–Kier alpha value is -2.82. The molecule has 1 aliphatic heterocycles. The number of nitrogens with zero attached hydrogens (tertiary/aromatic N) is 3. The largest absolute Gasteiger partial charge is 0.372 e. The standard InChI is InChI=1S/C21H24N4O/c1-15-14-16(2)25-13-10-19(20(25)22-15)21(26)23-17-6-8-18(9-7-17)24-11-4-3-5-12-24/h6-10,13-14H,3-5,11-12H2,1-2H3,(H,23,26). The topological polar surface area (TPSA) is 49.6 Å². The van der Waals surface area contributed by atoms with Crippen molar-refractivity contribution >= 4 is 22.9 Å². The second-order valence-corrected chi connectivity index (χ2v) is 7.01. The third-order valence-corrected chi connectivity index (χ3v) is 5.03. The van der Waals surface area contributed by atoms with Crippen LogP contribution in [0.15, 0.2) is 42.6 Å². The van der Waals surface area contributed by atoms with Crippen LogP contribution < -0.4 is 10.2 Å². The van der Waals surface area contributed by atoms with Gasteiger partial charge in [0.25, 0.3) is 5.91 Å². The summed E-state index contributed by atoms with van der Waals surface area (Å²) in [5.41, 5.74) is 5.30. The van der Waals surface area contributed by atoms with Crippen LogP contribution >= 0.6 is 0 Å². The normalized spacial score (nSPS) is 14.6. The van der Waals surface area contributed by atoms with E-state index in [4.69, 9.17) is 0 Å². The van der Waals surface area contributed by atoms with Crippen molar-refractivity contribution < 1.29 is 4.79 Å². The van der Waals surface area contributed by atoms with Crippen molar-refractivity contribution in [1.82, 2.24) is 9.38 Å². The fourth-order valence-corrected chi connectivity index (χ4v) is 3.68. The molecule has 0 bridgehead atoms. The molecule has 134 valence electrons. The quantitative estimate of drug-likeness (QED) is 0.772. The van der Waals surface area contributed by atoms with Gasteiger partial charge in [0.05, 0.1) is 5.56 Å². The summed E-state index contributed by atoms with van der Waals surface area (Å²) in [5, 5.41) is 2.99. The molecule has 0 saturated carbocycles. The number of hydrogen-bond donors (Lipinski definition) is 1. The second-order valence-electron chi connectivity index (χ2n) is 7.01. The first-order chi connectivity index (χ1) is 12.6. The van der Waals surface area contributed by atoms with E-state index in [1.165, 1.54) is 24.9 Å². The van der Waals surface area contributed by atoms with Crippen LogP contribution in [0.5, 0.6) is 0 Å². The molecule has 1 N–H and O–H groups in total. The Morgan fingerprint density at radius 3 is 2.50 bits per heavy atom. The molecule has 3 heterocycles. The number of piperidine rings is 1. The Balaban J connectivity index is 1.53. The predicted molar refractivity (Wildman–Crippen MR) is 105 cm³/mol. The lowest BCUT2D eigenvalue weighted by Crippen LogP contribution is -2.29. The maximum atomic E-state index is 12.7. The van der Waals surface area contributed by atoms with E-state index in [1.54, 1.807) is 0 Å². The van der Waals surface area contributed by atoms with Gasteiger partial charge in [0.1, 0.15) is 5.65 Å². The average molecular weight is 348 g/mol. The molecule has 2 aromatic heterocycles. The molecular formula is C21H24N4O. The third kappa shape index (κ3) is 3.17. The molecule has 1 amide bonds. The van der Waals surface area contributed by atoms with Crippen LogP contribution in [0.3, 0.4) is 0 Å². The van der Waals surface area contributed by atoms with Crippen LogP contribution in [0.25, 0.3) is 5.65 Å². The van der Waals surface area contributed by atoms with E-state index in [2.05, 4.69) is 27.3 Å². The maximum Gasteiger partial charge on any atom is 0.259 e. The Morgan fingerprint density at radius 1 is 1.04 bits per heavy atom. The van der Waals surface area contributed by atoms with Crippen LogP contribution in [0, 0.1) is 13.8 Å². The van der Waals surface area contributed by atoms with Gasteiger partial charge in [0.15, 0.2) is 0 Å². The van der Waals surface area contributed by atoms with Crippen molar-refractivity contribution in [2.24, 2.45) is 0 Å². The number of anilines is 2. The Bertz CT molecular complexity index is 937. The van der Waals surface area contributed by atoms with Crippen LogP contribution in [-0.2, 0) is 0 Å². The Kier molecular flexibility index (Phi) is 4.37. The first kappa shape index (κ1) is 16.6. The maximum absolute atomic E-state index is 12.7. The number of carbonyl (C=O) groups is 1. The first-order valence-electron chi connectivity index (χ1n) is 9.23. The molecule has 0 radical (unpaired) electrons. The molecule has 0 atom stereocenters. The van der Waals surface area contributed by atoms with Gasteiger partial charge in [-0.05, 0) is 69.5 Å². The molecule has 1 fully saturated rings. The zero-order chi connectivity index (χ0) is 18.1. The predicted octanol–water partition coefficient (Wildman–Crippen LogP) is 4.19. The van der Waals surface area contributed by atoms with E-state index in [9.17, 15) is 4.79 Å². The highest BCUT2D eigenvalue weighted by Gasteiger charge is 2.15. The van der Waals surface area contributed by atoms with Gasteiger partial charge in [-0.15, -0.1) is 0 Å². The van der Waals surface area contributed by atoms with Crippen molar-refractivity contribution in [2.75, 3.05) is 23.3 Å². The zero-order valence-electron chi connectivity index (χ0n) is 15.3. The summed E-state index contributed by atoms with van der Waals surface area (Å²) in [4.78, 5) is 19.7. The van der Waals surface area contributed by atoms with Crippen molar-refractivity contribution in [2.45, 2.75) is 33.1 Å². The fraction of sp³-hybridized carbons (Fsp3) is 0.333. The molecule has 5 heteroatoms. The van der Waals surface area contributed by atoms with Gasteiger partial charge >= 0.3 is 0 Å². The number of hydrogen-bond acceptors (Lipinski definition) is 3. The number of benzene rings is 1. The Morgan fingerprint density at radius 2 is 1.77 bits per heavy atom. The molecular weight excluding hydrogens is 324 g/mol. The number of nitrogens with one attached hydrogen (secondary N) is 1. The summed E-state index contributed by atoms with van der Waals surface area (Å²) in [7, 11) is 0. The number of fused-ring (bicyclic) bond motifs is 1. The van der Waals surface area contributed by atoms with Gasteiger partial charge in [0.2, 0.25) is 0 Å². The van der Waals surface area contributed by atoms with Crippen molar-refractivity contribution in [1.29, 1.82) is 0 Å². The minimum atomic E-state index is -0.129. The highest BCUT2D eigenvalue weighted by atomic mass is 16.1. The number of carbonyl (C=O) groups excluding carboxylic acids is 1. The Labute approximate surface area is 153 Å². The van der Waals surface area contributed by atoms with E-state index in [1.807, 2.05) is 48.7 Å². The number of rotatable bonds is 3. The van der Waals surface area contributed by atoms with Gasteiger partial charge in [-0.2, -0.15) is 0 Å². The average Bonchev–Trinajstić information content (AvgIpc) is 3.07. The van der Waals surface area contributed by atoms with E-state index in [0.717, 1.165) is 30.2 Å². The smallest absolute Gasteiger partial charge is 0.259 e. The lowest BCUT2D eigenvalue weighted by atomic mass is 10.1. The van der Waals surface area contributed by atoms with Crippen LogP contribution in [-0.4, -0.2) is 28.4 Å². The molecule has 1 saturated heterocycles. The minimum absolute atomic E-state index is 0.129. The number of aromatic nitrogens is 2. The molecule has 4 rings (SSSR count). The van der Waals surface area contributed by atoms with Crippen molar-refractivity contribution in [3.8, 4) is 0 Å². The summed E-state index contributed by atoms with van der Waals surface area (Å²) < 4.78 is 1.95. The van der Waals surface area contributed by atoms with Gasteiger partial charge in [-0.3, -0.25) is 4.79 Å². The van der Waals surface area contributed by atoms with Crippen molar-refractivity contribution in [3.63, 3.8) is 0 Å². The van der Waals surface area contributed by atoms with Gasteiger partial charge in [-0.25, -0.2) is 4.98 Å². The summed E-state index contributed by atoms with van der Waals surface area (Å²) >= 11 is 0. The van der Waals surface area contributed by atoms with Crippen LogP contribution in [0.2, 0.25) is 0 Å². The van der Waals surface area contributed by atoms with Gasteiger partial charge in [-0.1, -0.05) is 0 Å². The minimum Gasteiger partial charge on any atom is -0.372 e. The zero-order valence-corrected chi connectivity index (χ0v) is 15.3. The lowest BCUT2D eigenvalue weighted by molar-refractivity contribution is 0.102. The molecule has 0 aliphatic carbocycles. The molecule has 0 unspecified atom stereocenters. The summed E-state index contributed by atoms with van der Waals surface area (Å²) in [6, 6.07) is 12.0. The number of amides is 1. The van der Waals surface area contributed by atoms with Crippen LogP contribution in [0.1, 0.15) is 41.0 Å². The number of aryl methyl sites for hydroxylation is 2. The van der Waals surface area contributed by atoms with Crippen LogP contribution in [0.4, 0.5) is 11.4 Å². The molecule has 5 nitrogen and oxygen atoms in total. The summed E-state index contributed by atoms with van der Waals surface area (Å²) in [6.45, 7) is 6.20. The summed E-state index contributed by atoms with van der Waals surface area (Å²) in [5.74, 6) is -0.129. The molecule has 1 aliphatic rings. The lowest BCUT2D eigenvalue weighted by Gasteiger charge is -2.28. The molecule has 3 aromatic rings. The SMILES string of the molecule is Cc1cc(C)n2ccc(C(=O)Nc3ccc(N4CCCCC4)cc3)c2n1. The van der Waals surface area contributed by atoms with E-state index in [-0.39, 0.29) is 5.91 Å². The van der Waals surface area contributed by atoms with E-state index in [0.29, 0.717) is 11.2 Å². The molecule has 0 spiro atoms. The van der Waals surface area contributed by atoms with E-state index < -0.39 is 0 Å². The highest BCUT2D eigenvalue weighted by molar-refractivity contribution is 6.08. The van der Waals surface area contributed by atoms with Gasteiger partial charge < -0.3 is 14.6 Å². The first-order valence-corrected chi connectivity index (χ1v) is 9.23. The fourth-order valence-electron chi connectivity index (χ4n) is 3.68.